The third kappa shape index (κ3) is 3.55. The van der Waals surface area contributed by atoms with Gasteiger partial charge in [-0.1, -0.05) is 6.07 Å². The zero-order valence-corrected chi connectivity index (χ0v) is 15.8. The summed E-state index contributed by atoms with van der Waals surface area (Å²) in [6.07, 6.45) is 6.75. The third-order valence-corrected chi connectivity index (χ3v) is 4.99. The first kappa shape index (κ1) is 18.3. The van der Waals surface area contributed by atoms with Gasteiger partial charge in [0.1, 0.15) is 5.56 Å². The van der Waals surface area contributed by atoms with E-state index in [1.54, 1.807) is 13.1 Å². The Morgan fingerprint density at radius 2 is 2.31 bits per heavy atom. The molecule has 0 aliphatic carbocycles. The fourth-order valence-corrected chi connectivity index (χ4v) is 3.68. The number of hydrogen-bond donors (Lipinski definition) is 2. The number of pyridine rings is 1. The monoisotopic (exact) mass is 373 g/mol. The molecule has 0 spiro atoms. The van der Waals surface area contributed by atoms with E-state index < -0.39 is 5.56 Å². The highest BCUT2D eigenvalue weighted by Gasteiger charge is 2.24. The standard InChI is InChI=1S/C18H23N5O2S/c1-3-22-17(25)15(16(24)20-18(22)26)12(2)21-23-10-5-4-8-14(23)13-7-6-9-19-11-13/h6-7,9,11,14,25H,3-5,8,10H2,1-2H3,(H,20,24,26)/t14-/m1/s1. The Kier molecular flexibility index (Phi) is 5.51. The van der Waals surface area contributed by atoms with Gasteiger partial charge >= 0.3 is 0 Å². The van der Waals surface area contributed by atoms with E-state index in [0.29, 0.717) is 12.3 Å². The Bertz CT molecular complexity index is 919. The number of nitrogens with zero attached hydrogens (tertiary/aromatic N) is 4. The highest BCUT2D eigenvalue weighted by Crippen LogP contribution is 2.31. The SMILES string of the molecule is CCn1c(O)c(C(C)=NN2CCCC[C@@H]2c2cccnc2)c(=O)[nH]c1=S. The molecule has 1 saturated heterocycles. The summed E-state index contributed by atoms with van der Waals surface area (Å²) in [5, 5.41) is 17.2. The summed E-state index contributed by atoms with van der Waals surface area (Å²) in [5.74, 6) is -0.141. The lowest BCUT2D eigenvalue weighted by Crippen LogP contribution is -2.31. The van der Waals surface area contributed by atoms with Crippen molar-refractivity contribution >= 4 is 17.9 Å². The normalized spacial score (nSPS) is 18.2. The van der Waals surface area contributed by atoms with E-state index in [-0.39, 0.29) is 22.3 Å². The van der Waals surface area contributed by atoms with Gasteiger partial charge < -0.3 is 5.11 Å². The van der Waals surface area contributed by atoms with Crippen molar-refractivity contribution in [1.82, 2.24) is 19.5 Å². The number of H-pyrrole nitrogens is 1. The molecular weight excluding hydrogens is 350 g/mol. The number of aromatic nitrogens is 3. The molecule has 0 aromatic carbocycles. The molecule has 3 heterocycles. The van der Waals surface area contributed by atoms with Crippen LogP contribution in [0.25, 0.3) is 0 Å². The van der Waals surface area contributed by atoms with E-state index in [4.69, 9.17) is 12.2 Å². The number of hydrogen-bond acceptors (Lipinski definition) is 6. The van der Waals surface area contributed by atoms with Crippen LogP contribution in [0.15, 0.2) is 34.4 Å². The van der Waals surface area contributed by atoms with Crippen LogP contribution in [0.3, 0.4) is 0 Å². The van der Waals surface area contributed by atoms with Crippen molar-refractivity contribution in [3.63, 3.8) is 0 Å². The first-order chi connectivity index (χ1) is 12.5. The van der Waals surface area contributed by atoms with Crippen LogP contribution in [-0.2, 0) is 6.54 Å². The lowest BCUT2D eigenvalue weighted by Gasteiger charge is -2.34. The summed E-state index contributed by atoms with van der Waals surface area (Å²) >= 11 is 5.11. The van der Waals surface area contributed by atoms with E-state index in [1.165, 1.54) is 4.57 Å². The summed E-state index contributed by atoms with van der Waals surface area (Å²) in [6, 6.07) is 4.08. The predicted molar refractivity (Wildman–Crippen MR) is 103 cm³/mol. The van der Waals surface area contributed by atoms with Crippen molar-refractivity contribution < 1.29 is 5.11 Å². The lowest BCUT2D eigenvalue weighted by atomic mass is 9.98. The minimum absolute atomic E-state index is 0.116. The Morgan fingerprint density at radius 3 is 3.00 bits per heavy atom. The molecule has 2 aromatic rings. The smallest absolute Gasteiger partial charge is 0.264 e. The number of aromatic hydroxyl groups is 1. The van der Waals surface area contributed by atoms with Crippen LogP contribution in [-0.4, -0.2) is 36.9 Å². The summed E-state index contributed by atoms with van der Waals surface area (Å²) in [6.45, 7) is 4.85. The van der Waals surface area contributed by atoms with E-state index in [9.17, 15) is 9.90 Å². The van der Waals surface area contributed by atoms with Gasteiger partial charge in [0.05, 0.1) is 11.8 Å². The minimum atomic E-state index is -0.423. The average Bonchev–Trinajstić information content (AvgIpc) is 2.63. The Labute approximate surface area is 157 Å². The molecule has 0 amide bonds. The molecule has 0 saturated carbocycles. The maximum Gasteiger partial charge on any atom is 0.264 e. The molecule has 138 valence electrons. The van der Waals surface area contributed by atoms with Crippen molar-refractivity contribution in [2.24, 2.45) is 5.10 Å². The number of rotatable bonds is 4. The molecule has 2 N–H and O–H groups in total. The first-order valence-corrected chi connectivity index (χ1v) is 9.22. The topological polar surface area (TPSA) is 86.5 Å². The van der Waals surface area contributed by atoms with Gasteiger partial charge in [-0.05, 0) is 57.0 Å². The van der Waals surface area contributed by atoms with Crippen LogP contribution in [0.1, 0.15) is 50.3 Å². The number of nitrogens with one attached hydrogen (secondary N) is 1. The van der Waals surface area contributed by atoms with E-state index in [2.05, 4.69) is 15.1 Å². The zero-order valence-electron chi connectivity index (χ0n) is 15.0. The fraction of sp³-hybridized carbons (Fsp3) is 0.444. The van der Waals surface area contributed by atoms with Gasteiger partial charge in [-0.15, -0.1) is 0 Å². The van der Waals surface area contributed by atoms with E-state index >= 15 is 0 Å². The van der Waals surface area contributed by atoms with Crippen molar-refractivity contribution in [2.45, 2.75) is 45.7 Å². The lowest BCUT2D eigenvalue weighted by molar-refractivity contribution is 0.155. The fourth-order valence-electron chi connectivity index (χ4n) is 3.37. The Morgan fingerprint density at radius 1 is 1.50 bits per heavy atom. The van der Waals surface area contributed by atoms with Gasteiger partial charge in [-0.2, -0.15) is 5.10 Å². The van der Waals surface area contributed by atoms with E-state index in [1.807, 2.05) is 30.3 Å². The second kappa shape index (κ2) is 7.82. The van der Waals surface area contributed by atoms with Crippen molar-refractivity contribution in [3.05, 3.63) is 50.8 Å². The second-order valence-corrected chi connectivity index (χ2v) is 6.74. The summed E-state index contributed by atoms with van der Waals surface area (Å²) in [7, 11) is 0. The quantitative estimate of drug-likeness (QED) is 0.636. The molecule has 1 fully saturated rings. The van der Waals surface area contributed by atoms with Gasteiger partial charge in [0.25, 0.3) is 5.56 Å². The van der Waals surface area contributed by atoms with Gasteiger partial charge in [0.15, 0.2) is 4.77 Å². The molecule has 0 unspecified atom stereocenters. The minimum Gasteiger partial charge on any atom is -0.494 e. The van der Waals surface area contributed by atoms with Crippen LogP contribution < -0.4 is 5.56 Å². The summed E-state index contributed by atoms with van der Waals surface area (Å²) in [5.41, 5.74) is 1.31. The summed E-state index contributed by atoms with van der Waals surface area (Å²) in [4.78, 5) is 19.2. The number of piperidine rings is 1. The maximum absolute atomic E-state index is 12.4. The highest BCUT2D eigenvalue weighted by atomic mass is 32.1. The Balaban J connectivity index is 2.01. The molecule has 1 aliphatic heterocycles. The molecule has 1 atom stereocenters. The second-order valence-electron chi connectivity index (χ2n) is 6.35. The van der Waals surface area contributed by atoms with Crippen molar-refractivity contribution in [2.75, 3.05) is 6.54 Å². The first-order valence-electron chi connectivity index (χ1n) is 8.81. The number of hydrazone groups is 1. The predicted octanol–water partition coefficient (Wildman–Crippen LogP) is 2.98. The molecule has 1 aliphatic rings. The molecule has 26 heavy (non-hydrogen) atoms. The van der Waals surface area contributed by atoms with E-state index in [0.717, 1.165) is 31.4 Å². The van der Waals surface area contributed by atoms with Crippen LogP contribution in [0.4, 0.5) is 0 Å². The molecule has 0 bridgehead atoms. The number of aromatic amines is 1. The molecule has 8 heteroatoms. The largest absolute Gasteiger partial charge is 0.494 e. The van der Waals surface area contributed by atoms with Crippen molar-refractivity contribution in [3.8, 4) is 5.88 Å². The highest BCUT2D eigenvalue weighted by molar-refractivity contribution is 7.71. The van der Waals surface area contributed by atoms with Crippen LogP contribution in [0.2, 0.25) is 0 Å². The third-order valence-electron chi connectivity index (χ3n) is 4.67. The van der Waals surface area contributed by atoms with Gasteiger partial charge in [0.2, 0.25) is 5.88 Å². The Hall–Kier alpha value is -2.48. The molecule has 2 aromatic heterocycles. The van der Waals surface area contributed by atoms with Gasteiger partial charge in [0, 0.05) is 25.5 Å². The van der Waals surface area contributed by atoms with Crippen LogP contribution >= 0.6 is 12.2 Å². The van der Waals surface area contributed by atoms with Crippen LogP contribution in [0, 0.1) is 4.77 Å². The van der Waals surface area contributed by atoms with Crippen molar-refractivity contribution in [1.29, 1.82) is 0 Å². The summed E-state index contributed by atoms with van der Waals surface area (Å²) < 4.78 is 1.69. The molecule has 7 nitrogen and oxygen atoms in total. The van der Waals surface area contributed by atoms with Gasteiger partial charge in [-0.25, -0.2) is 0 Å². The molecular formula is C18H23N5O2S. The van der Waals surface area contributed by atoms with Gasteiger partial charge in [-0.3, -0.25) is 24.3 Å². The van der Waals surface area contributed by atoms with Crippen LogP contribution in [0.5, 0.6) is 5.88 Å². The maximum atomic E-state index is 12.4. The molecule has 0 radical (unpaired) electrons. The average molecular weight is 373 g/mol. The molecule has 3 rings (SSSR count). The zero-order chi connectivity index (χ0) is 18.7.